The maximum atomic E-state index is 11.4. The summed E-state index contributed by atoms with van der Waals surface area (Å²) in [5, 5.41) is 9.40. The first kappa shape index (κ1) is 12.3. The SMILES string of the molecule is COC(=O)C1CN(C2COc3cc(O)ccc3C2)C1. The lowest BCUT2D eigenvalue weighted by molar-refractivity contribution is -0.153. The third kappa shape index (κ3) is 2.26. The minimum atomic E-state index is -0.127. The highest BCUT2D eigenvalue weighted by molar-refractivity contribution is 5.73. The van der Waals surface area contributed by atoms with Gasteiger partial charge in [0.1, 0.15) is 18.1 Å². The first-order valence-electron chi connectivity index (χ1n) is 6.44. The van der Waals surface area contributed by atoms with E-state index in [4.69, 9.17) is 9.47 Å². The van der Waals surface area contributed by atoms with Gasteiger partial charge in [-0.2, -0.15) is 0 Å². The fourth-order valence-electron chi connectivity index (χ4n) is 2.71. The van der Waals surface area contributed by atoms with Gasteiger partial charge in [-0.15, -0.1) is 0 Å². The van der Waals surface area contributed by atoms with Crippen LogP contribution in [0.1, 0.15) is 5.56 Å². The van der Waals surface area contributed by atoms with Gasteiger partial charge in [0.2, 0.25) is 0 Å². The number of esters is 1. The molecule has 1 aromatic carbocycles. The Hall–Kier alpha value is -1.75. The Bertz CT molecular complexity index is 496. The minimum Gasteiger partial charge on any atom is -0.508 e. The van der Waals surface area contributed by atoms with Crippen molar-refractivity contribution in [2.45, 2.75) is 12.5 Å². The summed E-state index contributed by atoms with van der Waals surface area (Å²) in [6, 6.07) is 5.53. The molecule has 0 aromatic heterocycles. The third-order valence-electron chi connectivity index (χ3n) is 3.90. The highest BCUT2D eigenvalue weighted by atomic mass is 16.5. The number of hydrogen-bond acceptors (Lipinski definition) is 5. The number of nitrogens with zero attached hydrogens (tertiary/aromatic N) is 1. The number of carbonyl (C=O) groups is 1. The molecule has 3 rings (SSSR count). The third-order valence-corrected chi connectivity index (χ3v) is 3.90. The van der Waals surface area contributed by atoms with E-state index in [2.05, 4.69) is 4.90 Å². The molecule has 5 heteroatoms. The van der Waals surface area contributed by atoms with Crippen LogP contribution in [0, 0.1) is 5.92 Å². The summed E-state index contributed by atoms with van der Waals surface area (Å²) in [5.74, 6) is 0.873. The molecule has 102 valence electrons. The minimum absolute atomic E-state index is 0.00575. The summed E-state index contributed by atoms with van der Waals surface area (Å²) >= 11 is 0. The van der Waals surface area contributed by atoms with Gasteiger partial charge in [-0.3, -0.25) is 9.69 Å². The van der Waals surface area contributed by atoms with Crippen molar-refractivity contribution >= 4 is 5.97 Å². The van der Waals surface area contributed by atoms with Crippen LogP contribution in [0.25, 0.3) is 0 Å². The molecule has 1 unspecified atom stereocenters. The molecule has 2 aliphatic heterocycles. The Morgan fingerprint density at radius 2 is 2.26 bits per heavy atom. The van der Waals surface area contributed by atoms with Gasteiger partial charge in [-0.25, -0.2) is 0 Å². The molecule has 1 aromatic rings. The molecular weight excluding hydrogens is 246 g/mol. The summed E-state index contributed by atoms with van der Waals surface area (Å²) in [6.07, 6.45) is 0.892. The number of hydrogen-bond donors (Lipinski definition) is 1. The molecule has 19 heavy (non-hydrogen) atoms. The molecule has 0 amide bonds. The van der Waals surface area contributed by atoms with E-state index in [9.17, 15) is 9.90 Å². The smallest absolute Gasteiger partial charge is 0.311 e. The summed E-state index contributed by atoms with van der Waals surface area (Å²) in [6.45, 7) is 2.09. The van der Waals surface area contributed by atoms with Crippen LogP contribution >= 0.6 is 0 Å². The molecule has 1 N–H and O–H groups in total. The van der Waals surface area contributed by atoms with E-state index in [0.717, 1.165) is 30.8 Å². The van der Waals surface area contributed by atoms with E-state index in [1.54, 1.807) is 12.1 Å². The molecule has 0 saturated carbocycles. The lowest BCUT2D eigenvalue weighted by atomic mass is 9.93. The van der Waals surface area contributed by atoms with Crippen molar-refractivity contribution in [1.82, 2.24) is 4.90 Å². The van der Waals surface area contributed by atoms with Crippen LogP contribution in [0.2, 0.25) is 0 Å². The van der Waals surface area contributed by atoms with Crippen molar-refractivity contribution < 1.29 is 19.4 Å². The van der Waals surface area contributed by atoms with Gasteiger partial charge < -0.3 is 14.6 Å². The van der Waals surface area contributed by atoms with Crippen molar-refractivity contribution in [2.75, 3.05) is 26.8 Å². The molecule has 5 nitrogen and oxygen atoms in total. The predicted molar refractivity (Wildman–Crippen MR) is 68.2 cm³/mol. The van der Waals surface area contributed by atoms with Crippen molar-refractivity contribution in [2.24, 2.45) is 5.92 Å². The molecular formula is C14H17NO4. The number of fused-ring (bicyclic) bond motifs is 1. The number of methoxy groups -OCH3 is 1. The fourth-order valence-corrected chi connectivity index (χ4v) is 2.71. The Labute approximate surface area is 111 Å². The van der Waals surface area contributed by atoms with Crippen LogP contribution in [-0.4, -0.2) is 48.8 Å². The second-order valence-electron chi connectivity index (χ2n) is 5.13. The molecule has 2 heterocycles. The molecule has 1 saturated heterocycles. The number of benzene rings is 1. The standard InChI is InChI=1S/C14H17NO4/c1-18-14(17)10-6-15(7-10)11-4-9-2-3-12(16)5-13(9)19-8-11/h2-3,5,10-11,16H,4,6-8H2,1H3. The molecule has 2 aliphatic rings. The van der Waals surface area contributed by atoms with Crippen molar-refractivity contribution in [3.8, 4) is 11.5 Å². The number of ether oxygens (including phenoxy) is 2. The van der Waals surface area contributed by atoms with Gasteiger partial charge in [0.15, 0.2) is 0 Å². The van der Waals surface area contributed by atoms with Gasteiger partial charge in [-0.1, -0.05) is 6.07 Å². The van der Waals surface area contributed by atoms with Crippen LogP contribution in [0.3, 0.4) is 0 Å². The van der Waals surface area contributed by atoms with Crippen LogP contribution in [0.5, 0.6) is 11.5 Å². The van der Waals surface area contributed by atoms with E-state index in [-0.39, 0.29) is 17.6 Å². The molecule has 0 spiro atoms. The zero-order chi connectivity index (χ0) is 13.4. The van der Waals surface area contributed by atoms with E-state index < -0.39 is 0 Å². The van der Waals surface area contributed by atoms with Gasteiger partial charge in [0, 0.05) is 25.2 Å². The van der Waals surface area contributed by atoms with Gasteiger partial charge in [0.05, 0.1) is 13.0 Å². The quantitative estimate of drug-likeness (QED) is 0.800. The normalized spacial score (nSPS) is 23.1. The largest absolute Gasteiger partial charge is 0.508 e. The molecule has 0 bridgehead atoms. The molecule has 0 radical (unpaired) electrons. The summed E-state index contributed by atoms with van der Waals surface area (Å²) < 4.78 is 10.4. The maximum Gasteiger partial charge on any atom is 0.311 e. The first-order valence-corrected chi connectivity index (χ1v) is 6.44. The number of likely N-dealkylation sites (tertiary alicyclic amines) is 1. The fraction of sp³-hybridized carbons (Fsp3) is 0.500. The highest BCUT2D eigenvalue weighted by Crippen LogP contribution is 2.32. The number of phenols is 1. The second-order valence-corrected chi connectivity index (χ2v) is 5.13. The number of rotatable bonds is 2. The van der Waals surface area contributed by atoms with Crippen LogP contribution < -0.4 is 4.74 Å². The molecule has 1 atom stereocenters. The Morgan fingerprint density at radius 3 is 3.00 bits per heavy atom. The lowest BCUT2D eigenvalue weighted by Crippen LogP contribution is -2.57. The van der Waals surface area contributed by atoms with Crippen molar-refractivity contribution in [3.05, 3.63) is 23.8 Å². The van der Waals surface area contributed by atoms with E-state index in [1.807, 2.05) is 6.07 Å². The van der Waals surface area contributed by atoms with Crippen molar-refractivity contribution in [1.29, 1.82) is 0 Å². The van der Waals surface area contributed by atoms with Gasteiger partial charge >= 0.3 is 5.97 Å². The Morgan fingerprint density at radius 1 is 1.47 bits per heavy atom. The monoisotopic (exact) mass is 263 g/mol. The second kappa shape index (κ2) is 4.74. The van der Waals surface area contributed by atoms with Crippen LogP contribution in [0.15, 0.2) is 18.2 Å². The summed E-state index contributed by atoms with van der Waals surface area (Å²) in [7, 11) is 1.43. The Balaban J connectivity index is 1.61. The number of aromatic hydroxyl groups is 1. The Kier molecular flexibility index (Phi) is 3.06. The average Bonchev–Trinajstić information content (AvgIpc) is 2.36. The average molecular weight is 263 g/mol. The molecule has 1 fully saturated rings. The van der Waals surface area contributed by atoms with Gasteiger partial charge in [0.25, 0.3) is 0 Å². The summed E-state index contributed by atoms with van der Waals surface area (Å²) in [4.78, 5) is 13.6. The van der Waals surface area contributed by atoms with Gasteiger partial charge in [-0.05, 0) is 18.1 Å². The van der Waals surface area contributed by atoms with E-state index >= 15 is 0 Å². The van der Waals surface area contributed by atoms with Crippen molar-refractivity contribution in [3.63, 3.8) is 0 Å². The zero-order valence-electron chi connectivity index (χ0n) is 10.8. The number of carbonyl (C=O) groups excluding carboxylic acids is 1. The zero-order valence-corrected chi connectivity index (χ0v) is 10.8. The van der Waals surface area contributed by atoms with Crippen LogP contribution in [0.4, 0.5) is 0 Å². The number of phenolic OH excluding ortho intramolecular Hbond substituents is 1. The lowest BCUT2D eigenvalue weighted by Gasteiger charge is -2.44. The predicted octanol–water partition coefficient (Wildman–Crippen LogP) is 0.800. The van der Waals surface area contributed by atoms with Crippen LogP contribution in [-0.2, 0) is 16.0 Å². The maximum absolute atomic E-state index is 11.4. The summed E-state index contributed by atoms with van der Waals surface area (Å²) in [5.41, 5.74) is 1.11. The topological polar surface area (TPSA) is 59.0 Å². The first-order chi connectivity index (χ1) is 9.17. The highest BCUT2D eigenvalue weighted by Gasteiger charge is 2.38. The van der Waals surface area contributed by atoms with E-state index in [1.165, 1.54) is 7.11 Å². The van der Waals surface area contributed by atoms with E-state index in [0.29, 0.717) is 12.6 Å². The molecule has 0 aliphatic carbocycles.